The summed E-state index contributed by atoms with van der Waals surface area (Å²) in [5.41, 5.74) is 3.69. The third kappa shape index (κ3) is 2.69. The smallest absolute Gasteiger partial charge is 0.209 e. The number of anilines is 1. The lowest BCUT2D eigenvalue weighted by molar-refractivity contribution is 0.413. The van der Waals surface area contributed by atoms with E-state index in [9.17, 15) is 0 Å². The molecule has 0 spiro atoms. The summed E-state index contributed by atoms with van der Waals surface area (Å²) in [6, 6.07) is 8.15. The van der Waals surface area contributed by atoms with Gasteiger partial charge in [0, 0.05) is 37.1 Å². The van der Waals surface area contributed by atoms with Gasteiger partial charge in [0.05, 0.1) is 18.5 Å². The molecular formula is C18H19ClN4O. The molecule has 1 fully saturated rings. The fraction of sp³-hybridized carbons (Fsp3) is 0.333. The molecule has 24 heavy (non-hydrogen) atoms. The van der Waals surface area contributed by atoms with Gasteiger partial charge in [0.25, 0.3) is 0 Å². The normalized spacial score (nSPS) is 15.0. The van der Waals surface area contributed by atoms with E-state index in [1.165, 1.54) is 19.3 Å². The van der Waals surface area contributed by atoms with Crippen molar-refractivity contribution in [2.75, 3.05) is 25.1 Å². The number of aromatic nitrogens is 3. The predicted octanol–water partition coefficient (Wildman–Crippen LogP) is 4.05. The zero-order valence-electron chi connectivity index (χ0n) is 13.6. The van der Waals surface area contributed by atoms with Crippen molar-refractivity contribution in [3.63, 3.8) is 0 Å². The lowest BCUT2D eigenvalue weighted by atomic mass is 10.1. The maximum atomic E-state index is 6.25. The number of benzene rings is 1. The summed E-state index contributed by atoms with van der Waals surface area (Å²) in [5, 5.41) is 0.402. The van der Waals surface area contributed by atoms with Crippen LogP contribution < -0.4 is 9.64 Å². The lowest BCUT2D eigenvalue weighted by Crippen LogP contribution is -2.29. The first-order chi connectivity index (χ1) is 11.8. The number of piperidine rings is 1. The molecule has 3 heterocycles. The van der Waals surface area contributed by atoms with Gasteiger partial charge in [-0.2, -0.15) is 0 Å². The number of ether oxygens (including phenoxy) is 1. The molecule has 1 aliphatic heterocycles. The van der Waals surface area contributed by atoms with Crippen LogP contribution in [0.5, 0.6) is 5.75 Å². The molecule has 0 N–H and O–H groups in total. The van der Waals surface area contributed by atoms with E-state index in [0.29, 0.717) is 5.28 Å². The highest BCUT2D eigenvalue weighted by Crippen LogP contribution is 2.34. The molecule has 0 amide bonds. The second kappa shape index (κ2) is 6.32. The topological polar surface area (TPSA) is 42.7 Å². The molecule has 0 atom stereocenters. The van der Waals surface area contributed by atoms with Gasteiger partial charge in [-0.3, -0.25) is 4.40 Å². The van der Waals surface area contributed by atoms with Crippen LogP contribution in [-0.4, -0.2) is 34.6 Å². The molecule has 1 aliphatic rings. The molecule has 4 rings (SSSR count). The highest BCUT2D eigenvalue weighted by molar-refractivity contribution is 6.28. The van der Waals surface area contributed by atoms with Crippen LogP contribution in [-0.2, 0) is 0 Å². The van der Waals surface area contributed by atoms with E-state index in [-0.39, 0.29) is 0 Å². The molecule has 1 saturated heterocycles. The van der Waals surface area contributed by atoms with Gasteiger partial charge in [0.15, 0.2) is 0 Å². The molecule has 3 aromatic rings. The summed E-state index contributed by atoms with van der Waals surface area (Å²) in [5.74, 6) is 0.871. The molecule has 0 radical (unpaired) electrons. The van der Waals surface area contributed by atoms with Crippen LogP contribution in [0.15, 0.2) is 36.7 Å². The zero-order valence-corrected chi connectivity index (χ0v) is 14.3. The van der Waals surface area contributed by atoms with Crippen LogP contribution in [0.3, 0.4) is 0 Å². The number of fused-ring (bicyclic) bond motifs is 1. The number of hydrogen-bond donors (Lipinski definition) is 0. The quantitative estimate of drug-likeness (QED) is 0.673. The third-order valence-electron chi connectivity index (χ3n) is 4.52. The van der Waals surface area contributed by atoms with Crippen molar-refractivity contribution in [3.8, 4) is 17.0 Å². The SMILES string of the molecule is COc1cc(-c2cc3nccn3c(Cl)n2)ccc1N1CCCCC1. The maximum Gasteiger partial charge on any atom is 0.209 e. The second-order valence-corrected chi connectivity index (χ2v) is 6.34. The fourth-order valence-electron chi connectivity index (χ4n) is 3.27. The third-order valence-corrected chi connectivity index (χ3v) is 4.79. The van der Waals surface area contributed by atoms with Crippen LogP contribution in [0.4, 0.5) is 5.69 Å². The Hall–Kier alpha value is -2.27. The van der Waals surface area contributed by atoms with Gasteiger partial charge < -0.3 is 9.64 Å². The van der Waals surface area contributed by atoms with Crippen LogP contribution in [0.25, 0.3) is 16.9 Å². The van der Waals surface area contributed by atoms with E-state index in [0.717, 1.165) is 41.4 Å². The average Bonchev–Trinajstić information content (AvgIpc) is 3.11. The minimum absolute atomic E-state index is 0.402. The molecule has 124 valence electrons. The Morgan fingerprint density at radius 2 is 1.96 bits per heavy atom. The summed E-state index contributed by atoms with van der Waals surface area (Å²) >= 11 is 6.25. The molecule has 0 unspecified atom stereocenters. The van der Waals surface area contributed by atoms with Crippen molar-refractivity contribution in [2.24, 2.45) is 0 Å². The average molecular weight is 343 g/mol. The second-order valence-electron chi connectivity index (χ2n) is 6.00. The number of imidazole rings is 1. The Morgan fingerprint density at radius 3 is 2.75 bits per heavy atom. The predicted molar refractivity (Wildman–Crippen MR) is 96.0 cm³/mol. The van der Waals surface area contributed by atoms with Crippen molar-refractivity contribution in [2.45, 2.75) is 19.3 Å². The van der Waals surface area contributed by atoms with Gasteiger partial charge in [0.1, 0.15) is 11.4 Å². The van der Waals surface area contributed by atoms with Crippen LogP contribution in [0, 0.1) is 0 Å². The van der Waals surface area contributed by atoms with Gasteiger partial charge in [-0.15, -0.1) is 0 Å². The number of methoxy groups -OCH3 is 1. The Kier molecular flexibility index (Phi) is 4.02. The standard InChI is InChI=1S/C18H19ClN4O/c1-24-16-11-13(5-6-15(16)22-8-3-2-4-9-22)14-12-17-20-7-10-23(17)18(19)21-14/h5-7,10-12H,2-4,8-9H2,1H3. The first-order valence-corrected chi connectivity index (χ1v) is 8.57. The van der Waals surface area contributed by atoms with Gasteiger partial charge >= 0.3 is 0 Å². The van der Waals surface area contributed by atoms with Crippen molar-refractivity contribution < 1.29 is 4.74 Å². The number of halogens is 1. The molecule has 5 nitrogen and oxygen atoms in total. The highest BCUT2D eigenvalue weighted by Gasteiger charge is 2.16. The first-order valence-electron chi connectivity index (χ1n) is 8.19. The van der Waals surface area contributed by atoms with Gasteiger partial charge in [-0.25, -0.2) is 9.97 Å². The van der Waals surface area contributed by atoms with Crippen LogP contribution in [0.2, 0.25) is 5.28 Å². The Morgan fingerprint density at radius 1 is 1.12 bits per heavy atom. The van der Waals surface area contributed by atoms with Gasteiger partial charge in [-0.1, -0.05) is 6.07 Å². The molecule has 6 heteroatoms. The van der Waals surface area contributed by atoms with E-state index in [2.05, 4.69) is 27.0 Å². The summed E-state index contributed by atoms with van der Waals surface area (Å²) in [6.45, 7) is 2.17. The van der Waals surface area contributed by atoms with Crippen molar-refractivity contribution in [3.05, 3.63) is 41.9 Å². The van der Waals surface area contributed by atoms with Crippen molar-refractivity contribution in [1.29, 1.82) is 0 Å². The largest absolute Gasteiger partial charge is 0.495 e. The minimum Gasteiger partial charge on any atom is -0.495 e. The summed E-state index contributed by atoms with van der Waals surface area (Å²) in [7, 11) is 1.71. The Bertz CT molecular complexity index is 871. The van der Waals surface area contributed by atoms with Crippen molar-refractivity contribution in [1.82, 2.24) is 14.4 Å². The molecule has 0 bridgehead atoms. The molecule has 0 aliphatic carbocycles. The summed E-state index contributed by atoms with van der Waals surface area (Å²) < 4.78 is 7.39. The minimum atomic E-state index is 0.402. The van der Waals surface area contributed by atoms with Crippen LogP contribution >= 0.6 is 11.6 Å². The molecule has 1 aromatic carbocycles. The van der Waals surface area contributed by atoms with E-state index in [1.54, 1.807) is 23.9 Å². The van der Waals surface area contributed by atoms with E-state index >= 15 is 0 Å². The lowest BCUT2D eigenvalue weighted by Gasteiger charge is -2.30. The van der Waals surface area contributed by atoms with E-state index < -0.39 is 0 Å². The molecule has 0 saturated carbocycles. The number of nitrogens with zero attached hydrogens (tertiary/aromatic N) is 4. The van der Waals surface area contributed by atoms with E-state index in [1.807, 2.05) is 12.1 Å². The van der Waals surface area contributed by atoms with Gasteiger partial charge in [-0.05, 0) is 43.0 Å². The summed E-state index contributed by atoms with van der Waals surface area (Å²) in [6.07, 6.45) is 7.29. The first kappa shape index (κ1) is 15.3. The van der Waals surface area contributed by atoms with Gasteiger partial charge in [0.2, 0.25) is 5.28 Å². The van der Waals surface area contributed by atoms with E-state index in [4.69, 9.17) is 16.3 Å². The number of rotatable bonds is 3. The highest BCUT2D eigenvalue weighted by atomic mass is 35.5. The summed E-state index contributed by atoms with van der Waals surface area (Å²) in [4.78, 5) is 11.2. The zero-order chi connectivity index (χ0) is 16.5. The number of hydrogen-bond acceptors (Lipinski definition) is 4. The molecular weight excluding hydrogens is 324 g/mol. The maximum absolute atomic E-state index is 6.25. The Labute approximate surface area is 145 Å². The fourth-order valence-corrected chi connectivity index (χ4v) is 3.50. The molecule has 2 aromatic heterocycles. The van der Waals surface area contributed by atoms with Crippen molar-refractivity contribution >= 4 is 22.9 Å². The van der Waals surface area contributed by atoms with Crippen LogP contribution in [0.1, 0.15) is 19.3 Å². The Balaban J connectivity index is 1.74. The monoisotopic (exact) mass is 342 g/mol.